The van der Waals surface area contributed by atoms with Crippen molar-refractivity contribution in [3.05, 3.63) is 24.2 Å². The lowest BCUT2D eigenvalue weighted by Crippen LogP contribution is -2.29. The molecule has 0 aliphatic carbocycles. The third-order valence-corrected chi connectivity index (χ3v) is 3.14. The highest BCUT2D eigenvalue weighted by Crippen LogP contribution is 2.24. The average molecular weight is 253 g/mol. The Morgan fingerprint density at radius 2 is 2.06 bits per heavy atom. The van der Waals surface area contributed by atoms with Gasteiger partial charge in [0.05, 0.1) is 12.4 Å². The number of ether oxygens (including phenoxy) is 1. The minimum Gasteiger partial charge on any atom is -0.467 e. The van der Waals surface area contributed by atoms with Crippen LogP contribution in [0.3, 0.4) is 0 Å². The fourth-order valence-corrected chi connectivity index (χ4v) is 2.08. The van der Waals surface area contributed by atoms with Crippen molar-refractivity contribution >= 4 is 0 Å². The summed E-state index contributed by atoms with van der Waals surface area (Å²) in [5, 5.41) is 0. The van der Waals surface area contributed by atoms with Crippen LogP contribution in [0.1, 0.15) is 64.7 Å². The van der Waals surface area contributed by atoms with Crippen LogP contribution in [0.25, 0.3) is 0 Å². The first-order chi connectivity index (χ1) is 8.65. The molecule has 1 aromatic heterocycles. The van der Waals surface area contributed by atoms with Gasteiger partial charge in [-0.1, -0.05) is 32.6 Å². The van der Waals surface area contributed by atoms with Crippen molar-refractivity contribution in [2.45, 2.75) is 71.1 Å². The zero-order valence-electron chi connectivity index (χ0n) is 11.9. The molecule has 0 saturated heterocycles. The summed E-state index contributed by atoms with van der Waals surface area (Å²) in [4.78, 5) is 0. The minimum atomic E-state index is -0.138. The standard InChI is InChI=1S/C15H27NO2/c1-4-5-6-7-9-12(2)18-15(13(3)16)14-10-8-11-17-14/h8,10-13,15H,4-7,9,16H2,1-3H3. The molecule has 0 spiro atoms. The van der Waals surface area contributed by atoms with Crippen molar-refractivity contribution in [2.24, 2.45) is 5.73 Å². The smallest absolute Gasteiger partial charge is 0.134 e. The molecule has 0 saturated carbocycles. The second kappa shape index (κ2) is 8.33. The molecule has 0 aliphatic rings. The van der Waals surface area contributed by atoms with E-state index in [-0.39, 0.29) is 18.2 Å². The third-order valence-electron chi connectivity index (χ3n) is 3.14. The second-order valence-corrected chi connectivity index (χ2v) is 5.09. The Bertz CT molecular complexity index is 295. The largest absolute Gasteiger partial charge is 0.467 e. The van der Waals surface area contributed by atoms with E-state index in [1.54, 1.807) is 6.26 Å². The molecule has 0 amide bonds. The molecule has 0 fully saturated rings. The van der Waals surface area contributed by atoms with E-state index < -0.39 is 0 Å². The summed E-state index contributed by atoms with van der Waals surface area (Å²) < 4.78 is 11.4. The van der Waals surface area contributed by atoms with Gasteiger partial charge in [-0.2, -0.15) is 0 Å². The summed E-state index contributed by atoms with van der Waals surface area (Å²) >= 11 is 0. The maximum Gasteiger partial charge on any atom is 0.134 e. The van der Waals surface area contributed by atoms with Crippen molar-refractivity contribution in [3.63, 3.8) is 0 Å². The van der Waals surface area contributed by atoms with Crippen LogP contribution in [0.4, 0.5) is 0 Å². The van der Waals surface area contributed by atoms with Crippen molar-refractivity contribution in [1.82, 2.24) is 0 Å². The second-order valence-electron chi connectivity index (χ2n) is 5.09. The lowest BCUT2D eigenvalue weighted by atomic mass is 10.1. The van der Waals surface area contributed by atoms with Crippen molar-refractivity contribution < 1.29 is 9.15 Å². The molecule has 3 nitrogen and oxygen atoms in total. The molecule has 104 valence electrons. The zero-order chi connectivity index (χ0) is 13.4. The molecule has 0 aliphatic heterocycles. The van der Waals surface area contributed by atoms with Crippen LogP contribution in [-0.4, -0.2) is 12.1 Å². The highest BCUT2D eigenvalue weighted by molar-refractivity contribution is 5.04. The zero-order valence-corrected chi connectivity index (χ0v) is 11.9. The SMILES string of the molecule is CCCCCCC(C)OC(c1ccco1)C(C)N. The van der Waals surface area contributed by atoms with Gasteiger partial charge in [-0.15, -0.1) is 0 Å². The maximum atomic E-state index is 6.02. The van der Waals surface area contributed by atoms with E-state index in [2.05, 4.69) is 13.8 Å². The Morgan fingerprint density at radius 3 is 2.61 bits per heavy atom. The average Bonchev–Trinajstić information content (AvgIpc) is 2.85. The van der Waals surface area contributed by atoms with Crippen molar-refractivity contribution in [2.75, 3.05) is 0 Å². The molecule has 2 N–H and O–H groups in total. The minimum absolute atomic E-state index is 0.0609. The van der Waals surface area contributed by atoms with Crippen molar-refractivity contribution in [3.8, 4) is 0 Å². The molecule has 3 atom stereocenters. The first kappa shape index (κ1) is 15.3. The molecule has 3 heteroatoms. The van der Waals surface area contributed by atoms with E-state index in [0.29, 0.717) is 0 Å². The number of unbranched alkanes of at least 4 members (excludes halogenated alkanes) is 3. The highest BCUT2D eigenvalue weighted by atomic mass is 16.5. The summed E-state index contributed by atoms with van der Waals surface area (Å²) in [6, 6.07) is 3.74. The van der Waals surface area contributed by atoms with E-state index in [0.717, 1.165) is 12.2 Å². The first-order valence-corrected chi connectivity index (χ1v) is 7.09. The van der Waals surface area contributed by atoms with Gasteiger partial charge in [0.1, 0.15) is 11.9 Å². The van der Waals surface area contributed by atoms with E-state index in [9.17, 15) is 0 Å². The number of rotatable bonds is 9. The maximum absolute atomic E-state index is 6.02. The van der Waals surface area contributed by atoms with Gasteiger partial charge < -0.3 is 14.9 Å². The Labute approximate surface area is 111 Å². The van der Waals surface area contributed by atoms with Gasteiger partial charge in [-0.05, 0) is 32.4 Å². The van der Waals surface area contributed by atoms with Gasteiger partial charge in [-0.3, -0.25) is 0 Å². The monoisotopic (exact) mass is 253 g/mol. The van der Waals surface area contributed by atoms with Crippen LogP contribution < -0.4 is 5.73 Å². The summed E-state index contributed by atoms with van der Waals surface area (Å²) in [5.41, 5.74) is 5.97. The summed E-state index contributed by atoms with van der Waals surface area (Å²) in [6.07, 6.45) is 7.92. The van der Waals surface area contributed by atoms with E-state index >= 15 is 0 Å². The van der Waals surface area contributed by atoms with Crippen LogP contribution in [0.5, 0.6) is 0 Å². The number of hydrogen-bond donors (Lipinski definition) is 1. The normalized spacial score (nSPS) is 16.4. The van der Waals surface area contributed by atoms with Gasteiger partial charge in [-0.25, -0.2) is 0 Å². The quantitative estimate of drug-likeness (QED) is 0.675. The summed E-state index contributed by atoms with van der Waals surface area (Å²) in [7, 11) is 0. The van der Waals surface area contributed by atoms with E-state index in [1.807, 2.05) is 19.1 Å². The molecule has 3 unspecified atom stereocenters. The predicted octanol–water partition coefficient (Wildman–Crippen LogP) is 4.04. The highest BCUT2D eigenvalue weighted by Gasteiger charge is 2.21. The molecule has 1 aromatic rings. The number of hydrogen-bond acceptors (Lipinski definition) is 3. The molecule has 18 heavy (non-hydrogen) atoms. The van der Waals surface area contributed by atoms with Crippen LogP contribution >= 0.6 is 0 Å². The number of furan rings is 1. The van der Waals surface area contributed by atoms with Gasteiger partial charge in [0, 0.05) is 6.04 Å². The Kier molecular flexibility index (Phi) is 7.06. The summed E-state index contributed by atoms with van der Waals surface area (Å²) in [6.45, 7) is 6.30. The molecule has 0 radical (unpaired) electrons. The molecule has 0 aromatic carbocycles. The molecule has 1 heterocycles. The molecular weight excluding hydrogens is 226 g/mol. The van der Waals surface area contributed by atoms with Gasteiger partial charge in [0.25, 0.3) is 0 Å². The van der Waals surface area contributed by atoms with Gasteiger partial charge in [0.2, 0.25) is 0 Å². The predicted molar refractivity (Wildman–Crippen MR) is 74.4 cm³/mol. The Morgan fingerprint density at radius 1 is 1.28 bits per heavy atom. The molecule has 1 rings (SSSR count). The lowest BCUT2D eigenvalue weighted by Gasteiger charge is -2.23. The van der Waals surface area contributed by atoms with Gasteiger partial charge in [0.15, 0.2) is 0 Å². The molecular formula is C15H27NO2. The lowest BCUT2D eigenvalue weighted by molar-refractivity contribution is -0.0302. The Balaban J connectivity index is 2.37. The number of nitrogens with two attached hydrogens (primary N) is 1. The topological polar surface area (TPSA) is 48.4 Å². The fraction of sp³-hybridized carbons (Fsp3) is 0.733. The fourth-order valence-electron chi connectivity index (χ4n) is 2.08. The van der Waals surface area contributed by atoms with Crippen LogP contribution in [0.15, 0.2) is 22.8 Å². The van der Waals surface area contributed by atoms with E-state index in [1.165, 1.54) is 25.7 Å². The first-order valence-electron chi connectivity index (χ1n) is 7.09. The van der Waals surface area contributed by atoms with Crippen LogP contribution in [0.2, 0.25) is 0 Å². The summed E-state index contributed by atoms with van der Waals surface area (Å²) in [5.74, 6) is 0.824. The third kappa shape index (κ3) is 5.23. The van der Waals surface area contributed by atoms with E-state index in [4.69, 9.17) is 14.9 Å². The van der Waals surface area contributed by atoms with Crippen LogP contribution in [0, 0.1) is 0 Å². The van der Waals surface area contributed by atoms with Crippen LogP contribution in [-0.2, 0) is 4.74 Å². The molecule has 0 bridgehead atoms. The van der Waals surface area contributed by atoms with Gasteiger partial charge >= 0.3 is 0 Å². The van der Waals surface area contributed by atoms with Crippen molar-refractivity contribution in [1.29, 1.82) is 0 Å². The Hall–Kier alpha value is -0.800.